The summed E-state index contributed by atoms with van der Waals surface area (Å²) in [5.41, 5.74) is 4.29. The predicted molar refractivity (Wildman–Crippen MR) is 161 cm³/mol. The molecule has 5 aromatic rings. The van der Waals surface area contributed by atoms with Crippen molar-refractivity contribution in [2.45, 2.75) is 13.5 Å². The summed E-state index contributed by atoms with van der Waals surface area (Å²) in [6.07, 6.45) is 1.66. The monoisotopic (exact) mass is 578 g/mol. The minimum absolute atomic E-state index is 0.266. The van der Waals surface area contributed by atoms with E-state index in [-0.39, 0.29) is 12.7 Å². The van der Waals surface area contributed by atoms with E-state index in [1.807, 2.05) is 49.4 Å². The summed E-state index contributed by atoms with van der Waals surface area (Å²) in [5, 5.41) is 12.2. The van der Waals surface area contributed by atoms with Gasteiger partial charge in [0.05, 0.1) is 23.3 Å². The number of ether oxygens (including phenoxy) is 3. The van der Waals surface area contributed by atoms with Crippen molar-refractivity contribution in [2.75, 3.05) is 44.5 Å². The Morgan fingerprint density at radius 2 is 1.79 bits per heavy atom. The van der Waals surface area contributed by atoms with Crippen LogP contribution in [0, 0.1) is 11.3 Å². The van der Waals surface area contributed by atoms with Crippen LogP contribution in [0.25, 0.3) is 33.1 Å². The van der Waals surface area contributed by atoms with Gasteiger partial charge >= 0.3 is 0 Å². The first-order chi connectivity index (χ1) is 20.6. The first-order valence-corrected chi connectivity index (χ1v) is 14.3. The van der Waals surface area contributed by atoms with Gasteiger partial charge in [0.2, 0.25) is 12.7 Å². The van der Waals surface area contributed by atoms with Gasteiger partial charge in [0.1, 0.15) is 17.5 Å². The maximum Gasteiger partial charge on any atom is 0.234 e. The Balaban J connectivity index is 1.26. The van der Waals surface area contributed by atoms with Crippen LogP contribution in [0.5, 0.6) is 17.4 Å². The third-order valence-electron chi connectivity index (χ3n) is 7.68. The van der Waals surface area contributed by atoms with E-state index in [1.165, 1.54) is 5.56 Å². The van der Waals surface area contributed by atoms with Crippen LogP contribution in [-0.2, 0) is 6.54 Å². The van der Waals surface area contributed by atoms with Crippen molar-refractivity contribution in [1.29, 1.82) is 5.26 Å². The third kappa shape index (κ3) is 4.69. The van der Waals surface area contributed by atoms with E-state index in [4.69, 9.17) is 35.8 Å². The number of piperazine rings is 1. The molecular formula is C32H27ClN6O3. The van der Waals surface area contributed by atoms with Crippen molar-refractivity contribution in [3.05, 3.63) is 76.9 Å². The molecule has 7 rings (SSSR count). The average Bonchev–Trinajstić information content (AvgIpc) is 3.49. The maximum absolute atomic E-state index is 10.2. The Morgan fingerprint density at radius 3 is 2.57 bits per heavy atom. The molecule has 0 radical (unpaired) electrons. The standard InChI is InChI=1S/C32H27ClN6O3/c1-2-40-32-24(16-34)28(21-6-4-3-5-7-21)22-15-23-29(36-30(22)37-32)25(33)17-35-31(23)39-12-10-38(11-13-39)18-20-8-9-26-27(14-20)42-19-41-26/h3-9,14-15,17H,2,10-13,18-19H2,1H3. The molecule has 0 aliphatic carbocycles. The molecule has 1 saturated heterocycles. The highest BCUT2D eigenvalue weighted by molar-refractivity contribution is 6.35. The Bertz CT molecular complexity index is 1850. The van der Waals surface area contributed by atoms with Gasteiger partial charge in [-0.15, -0.1) is 0 Å². The minimum Gasteiger partial charge on any atom is -0.477 e. The Morgan fingerprint density at radius 1 is 0.976 bits per heavy atom. The van der Waals surface area contributed by atoms with Crippen LogP contribution in [0.1, 0.15) is 18.1 Å². The van der Waals surface area contributed by atoms with E-state index < -0.39 is 0 Å². The third-order valence-corrected chi connectivity index (χ3v) is 7.96. The molecule has 10 heteroatoms. The molecule has 0 N–H and O–H groups in total. The van der Waals surface area contributed by atoms with Gasteiger partial charge in [0.25, 0.3) is 0 Å². The zero-order chi connectivity index (χ0) is 28.6. The van der Waals surface area contributed by atoms with E-state index in [1.54, 1.807) is 6.20 Å². The summed E-state index contributed by atoms with van der Waals surface area (Å²) in [6, 6.07) is 20.3. The number of aromatic nitrogens is 3. The minimum atomic E-state index is 0.266. The molecule has 2 aliphatic heterocycles. The number of pyridine rings is 3. The zero-order valence-electron chi connectivity index (χ0n) is 23.0. The van der Waals surface area contributed by atoms with Gasteiger partial charge in [-0.05, 0) is 36.2 Å². The molecule has 0 bridgehead atoms. The molecule has 0 spiro atoms. The lowest BCUT2D eigenvalue weighted by Gasteiger charge is -2.36. The van der Waals surface area contributed by atoms with Crippen molar-refractivity contribution >= 4 is 39.4 Å². The number of rotatable bonds is 6. The second-order valence-corrected chi connectivity index (χ2v) is 10.6. The van der Waals surface area contributed by atoms with Crippen molar-refractivity contribution in [3.63, 3.8) is 0 Å². The highest BCUT2D eigenvalue weighted by Crippen LogP contribution is 2.39. The molecule has 0 unspecified atom stereocenters. The van der Waals surface area contributed by atoms with Crippen molar-refractivity contribution in [2.24, 2.45) is 0 Å². The van der Waals surface area contributed by atoms with E-state index in [2.05, 4.69) is 33.0 Å². The summed E-state index contributed by atoms with van der Waals surface area (Å²) < 4.78 is 16.8. The number of halogens is 1. The van der Waals surface area contributed by atoms with Gasteiger partial charge < -0.3 is 19.1 Å². The number of benzene rings is 2. The first kappa shape index (κ1) is 26.3. The molecule has 42 heavy (non-hydrogen) atoms. The number of nitriles is 1. The van der Waals surface area contributed by atoms with Crippen LogP contribution in [0.3, 0.4) is 0 Å². The van der Waals surface area contributed by atoms with E-state index >= 15 is 0 Å². The van der Waals surface area contributed by atoms with Crippen LogP contribution < -0.4 is 19.1 Å². The topological polar surface area (TPSA) is 96.6 Å². The van der Waals surface area contributed by atoms with Gasteiger partial charge in [0.15, 0.2) is 17.1 Å². The number of anilines is 1. The fourth-order valence-electron chi connectivity index (χ4n) is 5.68. The zero-order valence-corrected chi connectivity index (χ0v) is 23.8. The molecule has 2 aliphatic rings. The normalized spacial score (nSPS) is 14.8. The van der Waals surface area contributed by atoms with Gasteiger partial charge in [0, 0.05) is 49.1 Å². The molecule has 210 valence electrons. The number of hydrogen-bond acceptors (Lipinski definition) is 9. The largest absolute Gasteiger partial charge is 0.477 e. The highest BCUT2D eigenvalue weighted by Gasteiger charge is 2.24. The van der Waals surface area contributed by atoms with Crippen LogP contribution in [-0.4, -0.2) is 59.4 Å². The summed E-state index contributed by atoms with van der Waals surface area (Å²) in [6.45, 7) is 6.68. The molecule has 0 saturated carbocycles. The summed E-state index contributed by atoms with van der Waals surface area (Å²) in [5.74, 6) is 2.69. The summed E-state index contributed by atoms with van der Waals surface area (Å²) in [7, 11) is 0. The smallest absolute Gasteiger partial charge is 0.234 e. The Kier molecular flexibility index (Phi) is 6.86. The van der Waals surface area contributed by atoms with Gasteiger partial charge in [-0.2, -0.15) is 10.2 Å². The van der Waals surface area contributed by atoms with Crippen LogP contribution in [0.4, 0.5) is 5.82 Å². The SMILES string of the molecule is CCOc1nc2nc3c(Cl)cnc(N4CCN(Cc5ccc6c(c5)OCO6)CC4)c3cc2c(-c2ccccc2)c1C#N. The van der Waals surface area contributed by atoms with Crippen molar-refractivity contribution in [3.8, 4) is 34.6 Å². The summed E-state index contributed by atoms with van der Waals surface area (Å²) >= 11 is 6.66. The van der Waals surface area contributed by atoms with Gasteiger partial charge in [-0.25, -0.2) is 9.97 Å². The Hall–Kier alpha value is -4.65. The molecule has 3 aromatic heterocycles. The fraction of sp³-hybridized carbons (Fsp3) is 0.250. The second-order valence-electron chi connectivity index (χ2n) is 10.2. The van der Waals surface area contributed by atoms with Gasteiger partial charge in [-0.3, -0.25) is 4.90 Å². The van der Waals surface area contributed by atoms with E-state index in [0.717, 1.165) is 71.9 Å². The molecule has 2 aromatic carbocycles. The van der Waals surface area contributed by atoms with Gasteiger partial charge in [-0.1, -0.05) is 48.0 Å². The van der Waals surface area contributed by atoms with Crippen LogP contribution >= 0.6 is 11.6 Å². The lowest BCUT2D eigenvalue weighted by molar-refractivity contribution is 0.174. The number of hydrogen-bond donors (Lipinski definition) is 0. The van der Waals surface area contributed by atoms with Crippen LogP contribution in [0.2, 0.25) is 5.02 Å². The van der Waals surface area contributed by atoms with E-state index in [9.17, 15) is 5.26 Å². The molecule has 5 heterocycles. The molecule has 0 amide bonds. The molecule has 0 atom stereocenters. The second kappa shape index (κ2) is 11.0. The lowest BCUT2D eigenvalue weighted by atomic mass is 9.97. The van der Waals surface area contributed by atoms with Crippen LogP contribution in [0.15, 0.2) is 60.8 Å². The predicted octanol–water partition coefficient (Wildman–Crippen LogP) is 5.82. The van der Waals surface area contributed by atoms with Crippen molar-refractivity contribution in [1.82, 2.24) is 19.9 Å². The van der Waals surface area contributed by atoms with E-state index in [0.29, 0.717) is 28.4 Å². The quantitative estimate of drug-likeness (QED) is 0.231. The molecular weight excluding hydrogens is 552 g/mol. The lowest BCUT2D eigenvalue weighted by Crippen LogP contribution is -2.46. The van der Waals surface area contributed by atoms with Crippen molar-refractivity contribution < 1.29 is 14.2 Å². The first-order valence-electron chi connectivity index (χ1n) is 13.9. The maximum atomic E-state index is 10.2. The number of nitrogens with zero attached hydrogens (tertiary/aromatic N) is 6. The Labute approximate surface area is 247 Å². The molecule has 9 nitrogen and oxygen atoms in total. The summed E-state index contributed by atoms with van der Waals surface area (Å²) in [4.78, 5) is 19.0. The molecule has 1 fully saturated rings. The fourth-order valence-corrected chi connectivity index (χ4v) is 5.88. The average molecular weight is 579 g/mol. The highest BCUT2D eigenvalue weighted by atomic mass is 35.5. The number of fused-ring (bicyclic) bond motifs is 3.